The van der Waals surface area contributed by atoms with E-state index in [-0.39, 0.29) is 0 Å². The molecule has 2 amide bonds. The number of rotatable bonds is 3. The van der Waals surface area contributed by atoms with Gasteiger partial charge in [-0.1, -0.05) is 38.4 Å². The fourth-order valence-electron chi connectivity index (χ4n) is 1.68. The summed E-state index contributed by atoms with van der Waals surface area (Å²) >= 11 is 5.96. The van der Waals surface area contributed by atoms with Gasteiger partial charge in [-0.2, -0.15) is 0 Å². The molecule has 0 spiro atoms. The topological polar surface area (TPSA) is 78.4 Å². The van der Waals surface area contributed by atoms with Crippen molar-refractivity contribution in [1.82, 2.24) is 5.32 Å². The Labute approximate surface area is 123 Å². The quantitative estimate of drug-likeness (QED) is 0.801. The smallest absolute Gasteiger partial charge is 0.326 e. The zero-order chi connectivity index (χ0) is 15.5. The molecule has 0 unspecified atom stereocenters. The van der Waals surface area contributed by atoms with E-state index in [2.05, 4.69) is 10.6 Å². The highest BCUT2D eigenvalue weighted by Crippen LogP contribution is 2.23. The molecule has 1 atom stereocenters. The fraction of sp³-hybridized carbons (Fsp3) is 0.429. The molecule has 0 aliphatic heterocycles. The Bertz CT molecular complexity index is 524. The van der Waals surface area contributed by atoms with Crippen molar-refractivity contribution in [3.05, 3.63) is 28.8 Å². The molecule has 20 heavy (non-hydrogen) atoms. The summed E-state index contributed by atoms with van der Waals surface area (Å²) in [6.45, 7) is 7.01. The maximum atomic E-state index is 11.9. The van der Waals surface area contributed by atoms with E-state index in [1.807, 2.05) is 0 Å². The third-order valence-electron chi connectivity index (χ3n) is 2.90. The van der Waals surface area contributed by atoms with Gasteiger partial charge in [0.2, 0.25) is 0 Å². The Kier molecular flexibility index (Phi) is 5.00. The Morgan fingerprint density at radius 3 is 2.40 bits per heavy atom. The van der Waals surface area contributed by atoms with Gasteiger partial charge in [0, 0.05) is 10.7 Å². The normalized spacial score (nSPS) is 12.7. The van der Waals surface area contributed by atoms with Gasteiger partial charge in [-0.15, -0.1) is 0 Å². The van der Waals surface area contributed by atoms with E-state index in [1.165, 1.54) is 0 Å². The van der Waals surface area contributed by atoms with Crippen LogP contribution in [0.25, 0.3) is 0 Å². The lowest BCUT2D eigenvalue weighted by Gasteiger charge is -2.27. The summed E-state index contributed by atoms with van der Waals surface area (Å²) in [5.74, 6) is -1.07. The number of carboxylic acid groups (broad SMARTS) is 1. The first-order valence-electron chi connectivity index (χ1n) is 6.18. The van der Waals surface area contributed by atoms with E-state index in [9.17, 15) is 9.59 Å². The minimum Gasteiger partial charge on any atom is -0.480 e. The lowest BCUT2D eigenvalue weighted by molar-refractivity contribution is -0.141. The van der Waals surface area contributed by atoms with E-state index in [4.69, 9.17) is 16.7 Å². The molecular formula is C14H19ClN2O3. The van der Waals surface area contributed by atoms with Gasteiger partial charge in [0.15, 0.2) is 0 Å². The first kappa shape index (κ1) is 16.3. The standard InChI is InChI=1S/C14H19ClN2O3/c1-8-9(15)6-5-7-10(8)16-13(20)17-11(12(18)19)14(2,3)4/h5-7,11H,1-4H3,(H,18,19)(H2,16,17,20)/t11-/m1/s1. The highest BCUT2D eigenvalue weighted by atomic mass is 35.5. The average molecular weight is 299 g/mol. The Balaban J connectivity index is 2.82. The van der Waals surface area contributed by atoms with Crippen LogP contribution in [0.4, 0.5) is 10.5 Å². The van der Waals surface area contributed by atoms with E-state index < -0.39 is 23.5 Å². The Morgan fingerprint density at radius 2 is 1.90 bits per heavy atom. The first-order valence-corrected chi connectivity index (χ1v) is 6.56. The van der Waals surface area contributed by atoms with Crippen molar-refractivity contribution in [2.75, 3.05) is 5.32 Å². The van der Waals surface area contributed by atoms with E-state index in [0.717, 1.165) is 5.56 Å². The molecule has 1 aromatic carbocycles. The number of hydrogen-bond donors (Lipinski definition) is 3. The van der Waals surface area contributed by atoms with Gasteiger partial charge >= 0.3 is 12.0 Å². The highest BCUT2D eigenvalue weighted by molar-refractivity contribution is 6.31. The number of carboxylic acids is 1. The SMILES string of the molecule is Cc1c(Cl)cccc1NC(=O)N[C@H](C(=O)O)C(C)(C)C. The van der Waals surface area contributed by atoms with Gasteiger partial charge in [-0.3, -0.25) is 0 Å². The predicted molar refractivity (Wildman–Crippen MR) is 79.2 cm³/mol. The van der Waals surface area contributed by atoms with Gasteiger partial charge in [0.25, 0.3) is 0 Å². The summed E-state index contributed by atoms with van der Waals surface area (Å²) in [7, 11) is 0. The zero-order valence-corrected chi connectivity index (χ0v) is 12.7. The molecule has 6 heteroatoms. The molecule has 110 valence electrons. The van der Waals surface area contributed by atoms with Gasteiger partial charge < -0.3 is 15.7 Å². The molecule has 1 aromatic rings. The summed E-state index contributed by atoms with van der Waals surface area (Å²) in [5.41, 5.74) is 0.687. The number of carbonyl (C=O) groups is 2. The van der Waals surface area contributed by atoms with Crippen LogP contribution in [0.5, 0.6) is 0 Å². The monoisotopic (exact) mass is 298 g/mol. The number of nitrogens with one attached hydrogen (secondary N) is 2. The number of aliphatic carboxylic acids is 1. The van der Waals surface area contributed by atoms with Gasteiger partial charge in [-0.25, -0.2) is 9.59 Å². The molecule has 0 aliphatic rings. The summed E-state index contributed by atoms with van der Waals surface area (Å²) in [6.07, 6.45) is 0. The molecule has 0 fully saturated rings. The van der Waals surface area contributed by atoms with Crippen LogP contribution in [-0.2, 0) is 4.79 Å². The lowest BCUT2D eigenvalue weighted by atomic mass is 9.87. The molecule has 1 rings (SSSR count). The van der Waals surface area contributed by atoms with E-state index >= 15 is 0 Å². The first-order chi connectivity index (χ1) is 9.12. The van der Waals surface area contributed by atoms with Crippen LogP contribution in [0.1, 0.15) is 26.3 Å². The second kappa shape index (κ2) is 6.13. The van der Waals surface area contributed by atoms with Crippen LogP contribution in [0, 0.1) is 12.3 Å². The summed E-state index contributed by atoms with van der Waals surface area (Å²) in [6, 6.07) is 3.58. The molecule has 0 saturated carbocycles. The molecule has 0 radical (unpaired) electrons. The van der Waals surface area contributed by atoms with Crippen LogP contribution in [0.2, 0.25) is 5.02 Å². The van der Waals surface area contributed by atoms with Crippen molar-refractivity contribution in [3.63, 3.8) is 0 Å². The summed E-state index contributed by atoms with van der Waals surface area (Å²) < 4.78 is 0. The number of halogens is 1. The van der Waals surface area contributed by atoms with Crippen LogP contribution in [-0.4, -0.2) is 23.1 Å². The maximum absolute atomic E-state index is 11.9. The largest absolute Gasteiger partial charge is 0.480 e. The molecule has 0 heterocycles. The fourth-order valence-corrected chi connectivity index (χ4v) is 1.86. The van der Waals surface area contributed by atoms with Crippen molar-refractivity contribution in [2.24, 2.45) is 5.41 Å². The molecule has 0 aromatic heterocycles. The third-order valence-corrected chi connectivity index (χ3v) is 3.31. The number of hydrogen-bond acceptors (Lipinski definition) is 2. The van der Waals surface area contributed by atoms with E-state index in [0.29, 0.717) is 10.7 Å². The van der Waals surface area contributed by atoms with Crippen molar-refractivity contribution < 1.29 is 14.7 Å². The number of carbonyl (C=O) groups excluding carboxylic acids is 1. The minimum absolute atomic E-state index is 0.536. The van der Waals surface area contributed by atoms with Crippen molar-refractivity contribution >= 4 is 29.3 Å². The summed E-state index contributed by atoms with van der Waals surface area (Å²) in [5, 5.41) is 14.8. The van der Waals surface area contributed by atoms with Gasteiger partial charge in [0.1, 0.15) is 6.04 Å². The Morgan fingerprint density at radius 1 is 1.30 bits per heavy atom. The molecule has 0 bridgehead atoms. The zero-order valence-electron chi connectivity index (χ0n) is 12.0. The predicted octanol–water partition coefficient (Wildman–Crippen LogP) is 3.27. The van der Waals surface area contributed by atoms with Crippen LogP contribution >= 0.6 is 11.6 Å². The molecular weight excluding hydrogens is 280 g/mol. The average Bonchev–Trinajstić information content (AvgIpc) is 2.30. The van der Waals surface area contributed by atoms with Crippen LogP contribution in [0.3, 0.4) is 0 Å². The maximum Gasteiger partial charge on any atom is 0.326 e. The molecule has 0 saturated heterocycles. The molecule has 5 nitrogen and oxygen atoms in total. The lowest BCUT2D eigenvalue weighted by Crippen LogP contribution is -2.50. The Hall–Kier alpha value is -1.75. The van der Waals surface area contributed by atoms with Crippen molar-refractivity contribution in [3.8, 4) is 0 Å². The second-order valence-electron chi connectivity index (χ2n) is 5.65. The van der Waals surface area contributed by atoms with Gasteiger partial charge in [-0.05, 0) is 30.0 Å². The molecule has 0 aliphatic carbocycles. The minimum atomic E-state index is -1.07. The van der Waals surface area contributed by atoms with Crippen LogP contribution in [0.15, 0.2) is 18.2 Å². The highest BCUT2D eigenvalue weighted by Gasteiger charge is 2.32. The number of amides is 2. The second-order valence-corrected chi connectivity index (χ2v) is 6.06. The summed E-state index contributed by atoms with van der Waals surface area (Å²) in [4.78, 5) is 23.1. The molecule has 3 N–H and O–H groups in total. The third kappa shape index (κ3) is 4.13. The number of urea groups is 1. The van der Waals surface area contributed by atoms with Crippen molar-refractivity contribution in [2.45, 2.75) is 33.7 Å². The van der Waals surface area contributed by atoms with Crippen molar-refractivity contribution in [1.29, 1.82) is 0 Å². The number of anilines is 1. The van der Waals surface area contributed by atoms with Crippen LogP contribution < -0.4 is 10.6 Å². The number of benzene rings is 1. The van der Waals surface area contributed by atoms with E-state index in [1.54, 1.807) is 45.9 Å². The van der Waals surface area contributed by atoms with Gasteiger partial charge in [0.05, 0.1) is 0 Å².